The smallest absolute Gasteiger partial charge is 0.272 e. The molecule has 1 heterocycles. The molecule has 3 aromatic rings. The summed E-state index contributed by atoms with van der Waals surface area (Å²) in [5.41, 5.74) is 7.42. The average Bonchev–Trinajstić information content (AvgIpc) is 2.87. The second kappa shape index (κ2) is 5.10. The van der Waals surface area contributed by atoms with E-state index in [1.165, 1.54) is 12.1 Å². The van der Waals surface area contributed by atoms with Crippen molar-refractivity contribution in [3.8, 4) is 0 Å². The summed E-state index contributed by atoms with van der Waals surface area (Å²) in [4.78, 5) is 15.1. The second-order valence-corrected chi connectivity index (χ2v) is 4.99. The number of benzene rings is 2. The fourth-order valence-corrected chi connectivity index (χ4v) is 2.24. The summed E-state index contributed by atoms with van der Waals surface area (Å²) in [7, 11) is 0. The number of hydrogen-bond acceptors (Lipinski definition) is 2. The number of carbonyl (C=O) groups is 1. The molecule has 0 atom stereocenters. The molecule has 0 saturated heterocycles. The third kappa shape index (κ3) is 2.55. The maximum Gasteiger partial charge on any atom is 0.272 e. The van der Waals surface area contributed by atoms with E-state index in [4.69, 9.17) is 17.3 Å². The van der Waals surface area contributed by atoms with Crippen molar-refractivity contribution in [3.05, 3.63) is 59.0 Å². The second-order valence-electron chi connectivity index (χ2n) is 4.59. The Morgan fingerprint density at radius 3 is 2.86 bits per heavy atom. The minimum atomic E-state index is -0.659. The molecule has 0 bridgehead atoms. The van der Waals surface area contributed by atoms with Gasteiger partial charge in [-0.25, -0.2) is 4.39 Å². The number of halogens is 2. The first-order valence-corrected chi connectivity index (χ1v) is 6.56. The van der Waals surface area contributed by atoms with Gasteiger partial charge < -0.3 is 16.0 Å². The standard InChI is InChI=1S/C15H11ClFN3O/c16-10-2-1-3-12(14(10)17)20-15(21)13-7-8-6-9(18)4-5-11(8)19-13/h1-7,19H,18H2,(H,20,21). The zero-order valence-electron chi connectivity index (χ0n) is 10.8. The Bertz CT molecular complexity index is 844. The molecule has 0 spiro atoms. The van der Waals surface area contributed by atoms with Crippen molar-refractivity contribution < 1.29 is 9.18 Å². The van der Waals surface area contributed by atoms with Crippen LogP contribution in [0.3, 0.4) is 0 Å². The maximum atomic E-state index is 13.8. The van der Waals surface area contributed by atoms with Gasteiger partial charge in [-0.05, 0) is 36.4 Å². The van der Waals surface area contributed by atoms with E-state index in [9.17, 15) is 9.18 Å². The van der Waals surface area contributed by atoms with E-state index in [1.54, 1.807) is 30.3 Å². The first-order valence-electron chi connectivity index (χ1n) is 6.18. The van der Waals surface area contributed by atoms with Gasteiger partial charge in [0.1, 0.15) is 5.69 Å². The van der Waals surface area contributed by atoms with Crippen LogP contribution >= 0.6 is 11.6 Å². The van der Waals surface area contributed by atoms with Gasteiger partial charge >= 0.3 is 0 Å². The van der Waals surface area contributed by atoms with Crippen molar-refractivity contribution in [3.63, 3.8) is 0 Å². The van der Waals surface area contributed by atoms with Crippen molar-refractivity contribution >= 4 is 39.8 Å². The molecular formula is C15H11ClFN3O. The number of rotatable bonds is 2. The number of amides is 1. The van der Waals surface area contributed by atoms with Crippen LogP contribution in [-0.2, 0) is 0 Å². The Kier molecular flexibility index (Phi) is 3.27. The number of carbonyl (C=O) groups excluding carboxylic acids is 1. The van der Waals surface area contributed by atoms with E-state index in [1.807, 2.05) is 0 Å². The van der Waals surface area contributed by atoms with Gasteiger partial charge in [-0.15, -0.1) is 0 Å². The molecule has 2 aromatic carbocycles. The molecule has 6 heteroatoms. The Morgan fingerprint density at radius 2 is 2.05 bits per heavy atom. The number of aromatic nitrogens is 1. The number of fused-ring (bicyclic) bond motifs is 1. The van der Waals surface area contributed by atoms with Crippen LogP contribution in [-0.4, -0.2) is 10.9 Å². The van der Waals surface area contributed by atoms with Crippen molar-refractivity contribution in [2.45, 2.75) is 0 Å². The predicted molar refractivity (Wildman–Crippen MR) is 82.1 cm³/mol. The summed E-state index contributed by atoms with van der Waals surface area (Å²) in [6.07, 6.45) is 0. The molecule has 0 aliphatic rings. The summed E-state index contributed by atoms with van der Waals surface area (Å²) < 4.78 is 13.8. The van der Waals surface area contributed by atoms with Crippen LogP contribution in [0.1, 0.15) is 10.5 Å². The number of nitrogens with one attached hydrogen (secondary N) is 2. The molecule has 0 radical (unpaired) electrons. The first kappa shape index (κ1) is 13.5. The third-order valence-electron chi connectivity index (χ3n) is 3.09. The summed E-state index contributed by atoms with van der Waals surface area (Å²) in [5, 5.41) is 3.25. The number of hydrogen-bond donors (Lipinski definition) is 3. The minimum Gasteiger partial charge on any atom is -0.399 e. The van der Waals surface area contributed by atoms with Crippen LogP contribution in [0.25, 0.3) is 10.9 Å². The number of nitrogen functional groups attached to an aromatic ring is 1. The minimum absolute atomic E-state index is 0.0330. The molecule has 0 saturated carbocycles. The van der Waals surface area contributed by atoms with Crippen molar-refractivity contribution in [2.75, 3.05) is 11.1 Å². The molecule has 1 amide bonds. The third-order valence-corrected chi connectivity index (χ3v) is 3.38. The summed E-state index contributed by atoms with van der Waals surface area (Å²) in [5.74, 6) is -1.11. The number of H-pyrrole nitrogens is 1. The zero-order chi connectivity index (χ0) is 15.0. The van der Waals surface area contributed by atoms with E-state index in [2.05, 4.69) is 10.3 Å². The molecule has 4 nitrogen and oxygen atoms in total. The molecule has 0 unspecified atom stereocenters. The first-order chi connectivity index (χ1) is 10.0. The molecular weight excluding hydrogens is 293 g/mol. The quantitative estimate of drug-likeness (QED) is 0.630. The van der Waals surface area contributed by atoms with Crippen molar-refractivity contribution in [1.82, 2.24) is 4.98 Å². The number of anilines is 2. The molecule has 106 valence electrons. The van der Waals surface area contributed by atoms with Gasteiger partial charge in [0.05, 0.1) is 10.7 Å². The van der Waals surface area contributed by atoms with Crippen LogP contribution in [0.2, 0.25) is 5.02 Å². The van der Waals surface area contributed by atoms with Crippen LogP contribution < -0.4 is 11.1 Å². The molecule has 0 aliphatic heterocycles. The van der Waals surface area contributed by atoms with Gasteiger partial charge in [-0.2, -0.15) is 0 Å². The Balaban J connectivity index is 1.91. The predicted octanol–water partition coefficient (Wildman–Crippen LogP) is 3.79. The summed E-state index contributed by atoms with van der Waals surface area (Å²) >= 11 is 5.68. The lowest BCUT2D eigenvalue weighted by molar-refractivity contribution is 0.102. The van der Waals surface area contributed by atoms with E-state index < -0.39 is 11.7 Å². The lowest BCUT2D eigenvalue weighted by Gasteiger charge is -2.05. The fraction of sp³-hybridized carbons (Fsp3) is 0. The largest absolute Gasteiger partial charge is 0.399 e. The highest BCUT2D eigenvalue weighted by atomic mass is 35.5. The number of nitrogens with two attached hydrogens (primary N) is 1. The topological polar surface area (TPSA) is 70.9 Å². The van der Waals surface area contributed by atoms with Crippen molar-refractivity contribution in [1.29, 1.82) is 0 Å². The molecule has 21 heavy (non-hydrogen) atoms. The van der Waals surface area contributed by atoms with Gasteiger partial charge in [-0.3, -0.25) is 4.79 Å². The van der Waals surface area contributed by atoms with Gasteiger partial charge in [0.15, 0.2) is 5.82 Å². The van der Waals surface area contributed by atoms with Crippen LogP contribution in [0.4, 0.5) is 15.8 Å². The van der Waals surface area contributed by atoms with Crippen LogP contribution in [0.15, 0.2) is 42.5 Å². The highest BCUT2D eigenvalue weighted by molar-refractivity contribution is 6.31. The van der Waals surface area contributed by atoms with E-state index in [0.29, 0.717) is 11.4 Å². The number of aromatic amines is 1. The van der Waals surface area contributed by atoms with E-state index in [-0.39, 0.29) is 10.7 Å². The van der Waals surface area contributed by atoms with Crippen LogP contribution in [0.5, 0.6) is 0 Å². The Morgan fingerprint density at radius 1 is 1.24 bits per heavy atom. The molecule has 3 rings (SSSR count). The van der Waals surface area contributed by atoms with Crippen molar-refractivity contribution in [2.24, 2.45) is 0 Å². The normalized spacial score (nSPS) is 10.8. The SMILES string of the molecule is Nc1ccc2[nH]c(C(=O)Nc3cccc(Cl)c3F)cc2c1. The van der Waals surface area contributed by atoms with E-state index >= 15 is 0 Å². The molecule has 4 N–H and O–H groups in total. The summed E-state index contributed by atoms with van der Waals surface area (Å²) in [6, 6.07) is 11.3. The molecule has 0 fully saturated rings. The van der Waals surface area contributed by atoms with Crippen LogP contribution in [0, 0.1) is 5.82 Å². The fourth-order valence-electron chi connectivity index (χ4n) is 2.06. The van der Waals surface area contributed by atoms with Gasteiger partial charge in [0.25, 0.3) is 5.91 Å². The molecule has 1 aromatic heterocycles. The van der Waals surface area contributed by atoms with E-state index in [0.717, 1.165) is 10.9 Å². The highest BCUT2D eigenvalue weighted by Gasteiger charge is 2.13. The van der Waals surface area contributed by atoms with Gasteiger partial charge in [-0.1, -0.05) is 17.7 Å². The Hall–Kier alpha value is -2.53. The summed E-state index contributed by atoms with van der Waals surface area (Å²) in [6.45, 7) is 0. The molecule has 0 aliphatic carbocycles. The Labute approximate surface area is 124 Å². The zero-order valence-corrected chi connectivity index (χ0v) is 11.5. The van der Waals surface area contributed by atoms with Gasteiger partial charge in [0.2, 0.25) is 0 Å². The lowest BCUT2D eigenvalue weighted by atomic mass is 10.2. The average molecular weight is 304 g/mol. The highest BCUT2D eigenvalue weighted by Crippen LogP contribution is 2.23. The monoisotopic (exact) mass is 303 g/mol. The lowest BCUT2D eigenvalue weighted by Crippen LogP contribution is -2.13. The maximum absolute atomic E-state index is 13.8. The van der Waals surface area contributed by atoms with Gasteiger partial charge in [0, 0.05) is 16.6 Å².